The van der Waals surface area contributed by atoms with Gasteiger partial charge in [-0.3, -0.25) is 4.57 Å². The molecule has 3 heterocycles. The molecule has 0 aliphatic carbocycles. The maximum atomic E-state index is 14.1. The Bertz CT molecular complexity index is 1380. The van der Waals surface area contributed by atoms with E-state index in [0.717, 1.165) is 6.07 Å². The van der Waals surface area contributed by atoms with Crippen molar-refractivity contribution in [1.82, 2.24) is 24.3 Å². The van der Waals surface area contributed by atoms with E-state index in [-0.39, 0.29) is 52.6 Å². The molecule has 1 aromatic carbocycles. The molecule has 0 bridgehead atoms. The van der Waals surface area contributed by atoms with Gasteiger partial charge in [-0.25, -0.2) is 4.98 Å². The molecular weight excluding hydrogens is 462 g/mol. The summed E-state index contributed by atoms with van der Waals surface area (Å²) in [7, 11) is -3.24. The van der Waals surface area contributed by atoms with Crippen LogP contribution >= 0.6 is 8.03 Å². The van der Waals surface area contributed by atoms with Gasteiger partial charge < -0.3 is 19.3 Å². The Labute approximate surface area is 186 Å². The third-order valence-corrected chi connectivity index (χ3v) is 5.77. The molecule has 4 rings (SSSR count). The third kappa shape index (κ3) is 3.89. The van der Waals surface area contributed by atoms with Crippen LogP contribution in [0.3, 0.4) is 0 Å². The summed E-state index contributed by atoms with van der Waals surface area (Å²) in [4.78, 5) is 16.0. The van der Waals surface area contributed by atoms with Crippen LogP contribution in [0, 0.1) is 0 Å². The van der Waals surface area contributed by atoms with Gasteiger partial charge in [-0.1, -0.05) is 18.4 Å². The summed E-state index contributed by atoms with van der Waals surface area (Å²) in [5.74, 6) is -0.0958. The molecule has 174 valence electrons. The highest BCUT2D eigenvalue weighted by molar-refractivity contribution is 7.47. The highest BCUT2D eigenvalue weighted by atomic mass is 31.1. The van der Waals surface area contributed by atoms with Crippen molar-refractivity contribution in [1.29, 1.82) is 0 Å². The van der Waals surface area contributed by atoms with Crippen LogP contribution in [-0.4, -0.2) is 36.0 Å². The minimum Gasteiger partial charge on any atom is -0.588 e. The molecule has 0 saturated heterocycles. The largest absolute Gasteiger partial charge is 0.588 e. The molecule has 33 heavy (non-hydrogen) atoms. The van der Waals surface area contributed by atoms with Crippen LogP contribution < -0.4 is 15.9 Å². The van der Waals surface area contributed by atoms with E-state index in [2.05, 4.69) is 15.2 Å². The average molecular weight is 481 g/mol. The van der Waals surface area contributed by atoms with Gasteiger partial charge in [-0.05, 0) is 24.6 Å². The molecule has 1 atom stereocenters. The Morgan fingerprint density at radius 2 is 2.03 bits per heavy atom. The zero-order valence-electron chi connectivity index (χ0n) is 17.8. The lowest BCUT2D eigenvalue weighted by atomic mass is 10.00. The Balaban J connectivity index is 2.12. The van der Waals surface area contributed by atoms with Gasteiger partial charge >= 0.3 is 19.7 Å². The van der Waals surface area contributed by atoms with Crippen LogP contribution in [0.25, 0.3) is 22.6 Å². The summed E-state index contributed by atoms with van der Waals surface area (Å²) in [5.41, 5.74) is -1.61. The van der Waals surface area contributed by atoms with Crippen LogP contribution in [-0.2, 0) is 21.9 Å². The second-order valence-corrected chi connectivity index (χ2v) is 8.53. The molecule has 1 aliphatic rings. The van der Waals surface area contributed by atoms with Crippen molar-refractivity contribution in [3.8, 4) is 11.4 Å². The molecule has 0 amide bonds. The number of imidazole rings is 1. The molecule has 9 nitrogen and oxygen atoms in total. The maximum absolute atomic E-state index is 14.1. The molecule has 1 N–H and O–H groups in total. The summed E-state index contributed by atoms with van der Waals surface area (Å²) in [6, 6.07) is 2.21. The molecule has 2 aromatic heterocycles. The van der Waals surface area contributed by atoms with E-state index in [1.807, 2.05) is 13.8 Å². The Morgan fingerprint density at radius 3 is 2.64 bits per heavy atom. The predicted molar refractivity (Wildman–Crippen MR) is 109 cm³/mol. The fourth-order valence-corrected chi connectivity index (χ4v) is 4.32. The highest BCUT2D eigenvalue weighted by Gasteiger charge is 2.37. The number of aliphatic hydroxyl groups is 1. The molecule has 0 radical (unpaired) electrons. The molecular formula is C20H19F3N5O4P. The normalized spacial score (nSPS) is 14.8. The zero-order valence-corrected chi connectivity index (χ0v) is 18.7. The summed E-state index contributed by atoms with van der Waals surface area (Å²) in [5, 5.41) is 18.1. The van der Waals surface area contributed by atoms with Crippen LogP contribution in [0.4, 0.5) is 13.2 Å². The lowest BCUT2D eigenvalue weighted by molar-refractivity contribution is -0.162. The van der Waals surface area contributed by atoms with E-state index in [1.165, 1.54) is 27.6 Å². The number of rotatable bonds is 5. The second kappa shape index (κ2) is 8.27. The number of aliphatic hydroxyl groups excluding tert-OH is 1. The van der Waals surface area contributed by atoms with Crippen LogP contribution in [0.1, 0.15) is 43.6 Å². The van der Waals surface area contributed by atoms with Gasteiger partial charge in [-0.15, -0.1) is 10.2 Å². The van der Waals surface area contributed by atoms with Crippen molar-refractivity contribution < 1.29 is 32.5 Å². The first kappa shape index (κ1) is 22.9. The quantitative estimate of drug-likeness (QED) is 0.554. The number of ether oxygens (including phenoxy) is 1. The number of fused-ring (bicyclic) bond motifs is 3. The first-order valence-corrected chi connectivity index (χ1v) is 11.2. The van der Waals surface area contributed by atoms with Crippen molar-refractivity contribution in [2.45, 2.75) is 39.3 Å². The fourth-order valence-electron chi connectivity index (χ4n) is 3.78. The molecule has 13 heteroatoms. The number of halogens is 3. The number of nitrogens with zero attached hydrogens (tertiary/aromatic N) is 5. The molecule has 0 spiro atoms. The van der Waals surface area contributed by atoms with Crippen molar-refractivity contribution in [3.63, 3.8) is 0 Å². The first-order chi connectivity index (χ1) is 15.5. The van der Waals surface area contributed by atoms with Crippen molar-refractivity contribution >= 4 is 19.3 Å². The number of alkyl halides is 3. The van der Waals surface area contributed by atoms with Gasteiger partial charge in [0.25, 0.3) is 5.48 Å². The number of benzene rings is 1. The minimum absolute atomic E-state index is 0.00837. The first-order valence-electron chi connectivity index (χ1n) is 9.97. The van der Waals surface area contributed by atoms with E-state index in [9.17, 15) is 27.7 Å². The number of hydrogen-bond donors (Lipinski definition) is 1. The highest BCUT2D eigenvalue weighted by Crippen LogP contribution is 2.38. The van der Waals surface area contributed by atoms with Gasteiger partial charge in [0.05, 0.1) is 23.5 Å². The summed E-state index contributed by atoms with van der Waals surface area (Å²) < 4.78 is 61.7. The van der Waals surface area contributed by atoms with Gasteiger partial charge in [-0.2, -0.15) is 13.2 Å². The van der Waals surface area contributed by atoms with Gasteiger partial charge in [0.15, 0.2) is 5.48 Å². The smallest absolute Gasteiger partial charge is 0.418 e. The van der Waals surface area contributed by atoms with Crippen molar-refractivity contribution in [2.75, 3.05) is 6.61 Å². The van der Waals surface area contributed by atoms with E-state index >= 15 is 0 Å². The maximum Gasteiger partial charge on any atom is 0.418 e. The SMILES string of the molecule is CCOC(=c1nnc2n1-c1cc(-n3ccnc3C(C)C)c(C(F)(F)F)cc1CC=2O)[P+](=O)[O-]. The standard InChI is InChI=1S/C20H19F3N5O4P/c1-4-32-19(33(30)31)18-26-25-17-15(29)8-11-7-12(20(21,22)23)14(9-13(11)28(17)18)27-6-5-24-16(27)10(2)3/h5-7,9-10,29H,4,8H2,1-3H3. The predicted octanol–water partition coefficient (Wildman–Crippen LogP) is 2.02. The van der Waals surface area contributed by atoms with Crippen LogP contribution in [0.2, 0.25) is 0 Å². The summed E-state index contributed by atoms with van der Waals surface area (Å²) >= 11 is 0. The molecule has 0 fully saturated rings. The molecule has 0 saturated carbocycles. The topological polar surface area (TPSA) is 118 Å². The molecule has 1 aliphatic heterocycles. The Kier molecular flexibility index (Phi) is 5.75. The van der Waals surface area contributed by atoms with Gasteiger partial charge in [0.1, 0.15) is 11.6 Å². The van der Waals surface area contributed by atoms with E-state index in [4.69, 9.17) is 4.74 Å². The lowest BCUT2D eigenvalue weighted by Crippen LogP contribution is -2.34. The van der Waals surface area contributed by atoms with E-state index in [0.29, 0.717) is 5.82 Å². The van der Waals surface area contributed by atoms with Crippen LogP contribution in [0.5, 0.6) is 0 Å². The fraction of sp³-hybridized carbons (Fsp3) is 0.350. The summed E-state index contributed by atoms with van der Waals surface area (Å²) in [6.07, 6.45) is -2.09. The molecule has 3 aromatic rings. The average Bonchev–Trinajstić information content (AvgIpc) is 3.38. The number of hydrogen-bond acceptors (Lipinski definition) is 7. The Hall–Kier alpha value is -3.24. The van der Waals surface area contributed by atoms with Gasteiger partial charge in [0.2, 0.25) is 0 Å². The number of aromatic nitrogens is 5. The molecule has 1 unspecified atom stereocenters. The summed E-state index contributed by atoms with van der Waals surface area (Å²) in [6.45, 7) is 5.20. The van der Waals surface area contributed by atoms with Gasteiger partial charge in [0, 0.05) is 24.7 Å². The monoisotopic (exact) mass is 481 g/mol. The second-order valence-electron chi connectivity index (χ2n) is 7.61. The van der Waals surface area contributed by atoms with Crippen molar-refractivity contribution in [3.05, 3.63) is 52.4 Å². The lowest BCUT2D eigenvalue weighted by Gasteiger charge is -2.22. The van der Waals surface area contributed by atoms with Crippen LogP contribution in [0.15, 0.2) is 24.5 Å². The minimum atomic E-state index is -4.70. The van der Waals surface area contributed by atoms with Crippen molar-refractivity contribution in [2.24, 2.45) is 0 Å². The van der Waals surface area contributed by atoms with E-state index < -0.39 is 25.3 Å². The Morgan fingerprint density at radius 1 is 1.30 bits per heavy atom. The zero-order chi connectivity index (χ0) is 24.1. The third-order valence-electron chi connectivity index (χ3n) is 5.11. The van der Waals surface area contributed by atoms with E-state index in [1.54, 1.807) is 6.92 Å².